The average Bonchev–Trinajstić information content (AvgIpc) is 2.05. The lowest BCUT2D eigenvalue weighted by atomic mass is 10.1. The minimum Gasteiger partial charge on any atom is -0.387 e. The van der Waals surface area contributed by atoms with Crippen molar-refractivity contribution in [2.24, 2.45) is 5.73 Å². The monoisotopic (exact) mass is 215 g/mol. The molecule has 0 saturated carbocycles. The molecule has 1 aromatic carbocycles. The Kier molecular flexibility index (Phi) is 3.05. The highest BCUT2D eigenvalue weighted by molar-refractivity contribution is 9.10. The smallest absolute Gasteiger partial charge is 0.0912 e. The largest absolute Gasteiger partial charge is 0.387 e. The van der Waals surface area contributed by atoms with Crippen LogP contribution in [0.25, 0.3) is 0 Å². The number of benzene rings is 1. The van der Waals surface area contributed by atoms with Gasteiger partial charge in [-0.3, -0.25) is 0 Å². The summed E-state index contributed by atoms with van der Waals surface area (Å²) in [5.74, 6) is 0. The predicted octanol–water partition coefficient (Wildman–Crippen LogP) is 1.44. The number of aliphatic hydroxyl groups excluding tert-OH is 1. The Hall–Kier alpha value is -0.380. The number of hydrogen-bond donors (Lipinski definition) is 2. The van der Waals surface area contributed by atoms with Gasteiger partial charge in [0.1, 0.15) is 0 Å². The van der Waals surface area contributed by atoms with Crippen LogP contribution in [0.1, 0.15) is 11.7 Å². The van der Waals surface area contributed by atoms with Crippen LogP contribution in [0.15, 0.2) is 28.7 Å². The lowest BCUT2D eigenvalue weighted by Crippen LogP contribution is -2.11. The Morgan fingerprint density at radius 3 is 2.36 bits per heavy atom. The first-order valence-corrected chi connectivity index (χ1v) is 4.17. The lowest BCUT2D eigenvalue weighted by molar-refractivity contribution is 0.187. The summed E-state index contributed by atoms with van der Waals surface area (Å²) in [6, 6.07) is 7.46. The van der Waals surface area contributed by atoms with Crippen LogP contribution < -0.4 is 5.73 Å². The number of aliphatic hydroxyl groups is 1. The zero-order chi connectivity index (χ0) is 8.27. The van der Waals surface area contributed by atoms with Crippen molar-refractivity contribution in [3.05, 3.63) is 34.3 Å². The maximum Gasteiger partial charge on any atom is 0.0912 e. The van der Waals surface area contributed by atoms with Crippen LogP contribution in [-0.4, -0.2) is 11.7 Å². The molecule has 3 N–H and O–H groups in total. The molecule has 3 heteroatoms. The highest BCUT2D eigenvalue weighted by atomic mass is 79.9. The fourth-order valence-electron chi connectivity index (χ4n) is 0.821. The molecule has 1 aromatic rings. The third-order valence-electron chi connectivity index (χ3n) is 1.48. The Balaban J connectivity index is 2.81. The van der Waals surface area contributed by atoms with Crippen LogP contribution in [0, 0.1) is 0 Å². The summed E-state index contributed by atoms with van der Waals surface area (Å²) in [7, 11) is 0. The highest BCUT2D eigenvalue weighted by Crippen LogP contribution is 2.15. The van der Waals surface area contributed by atoms with Gasteiger partial charge < -0.3 is 10.8 Å². The van der Waals surface area contributed by atoms with Gasteiger partial charge in [0.25, 0.3) is 0 Å². The second kappa shape index (κ2) is 3.85. The van der Waals surface area contributed by atoms with Gasteiger partial charge in [-0.15, -0.1) is 0 Å². The zero-order valence-electron chi connectivity index (χ0n) is 6.00. The van der Waals surface area contributed by atoms with Crippen LogP contribution >= 0.6 is 15.9 Å². The van der Waals surface area contributed by atoms with E-state index in [1.165, 1.54) is 0 Å². The third kappa shape index (κ3) is 2.29. The quantitative estimate of drug-likeness (QED) is 0.785. The van der Waals surface area contributed by atoms with Gasteiger partial charge in [-0.1, -0.05) is 28.1 Å². The van der Waals surface area contributed by atoms with Crippen molar-refractivity contribution >= 4 is 15.9 Å². The Bertz CT molecular complexity index is 222. The molecule has 0 saturated heterocycles. The van der Waals surface area contributed by atoms with Crippen molar-refractivity contribution in [1.82, 2.24) is 0 Å². The van der Waals surface area contributed by atoms with E-state index >= 15 is 0 Å². The van der Waals surface area contributed by atoms with Crippen molar-refractivity contribution in [1.29, 1.82) is 0 Å². The molecule has 0 fully saturated rings. The Labute approximate surface area is 74.2 Å². The Morgan fingerprint density at radius 1 is 1.36 bits per heavy atom. The maximum atomic E-state index is 9.28. The van der Waals surface area contributed by atoms with E-state index < -0.39 is 6.10 Å². The second-order valence-corrected chi connectivity index (χ2v) is 3.22. The number of rotatable bonds is 2. The van der Waals surface area contributed by atoms with Crippen molar-refractivity contribution < 1.29 is 5.11 Å². The van der Waals surface area contributed by atoms with Crippen LogP contribution in [0.3, 0.4) is 0 Å². The van der Waals surface area contributed by atoms with Gasteiger partial charge >= 0.3 is 0 Å². The molecule has 0 aromatic heterocycles. The molecular weight excluding hydrogens is 206 g/mol. The summed E-state index contributed by atoms with van der Waals surface area (Å²) in [6.45, 7) is 0.266. The minimum atomic E-state index is -0.539. The summed E-state index contributed by atoms with van der Waals surface area (Å²) in [5.41, 5.74) is 6.14. The molecule has 2 nitrogen and oxygen atoms in total. The summed E-state index contributed by atoms with van der Waals surface area (Å²) in [5, 5.41) is 9.28. The molecule has 0 aliphatic heterocycles. The molecule has 0 heterocycles. The van der Waals surface area contributed by atoms with E-state index in [9.17, 15) is 5.11 Å². The first-order chi connectivity index (χ1) is 5.24. The maximum absolute atomic E-state index is 9.28. The summed E-state index contributed by atoms with van der Waals surface area (Å²) >= 11 is 3.30. The minimum absolute atomic E-state index is 0.266. The molecule has 0 aliphatic rings. The fourth-order valence-corrected chi connectivity index (χ4v) is 1.09. The van der Waals surface area contributed by atoms with Crippen LogP contribution in [0.4, 0.5) is 0 Å². The standard InChI is InChI=1S/C8H10BrNO/c9-7-3-1-6(2-4-7)8(11)5-10/h1-4,8,11H,5,10H2/t8-/m0/s1. The van der Waals surface area contributed by atoms with E-state index in [4.69, 9.17) is 5.73 Å². The molecule has 60 valence electrons. The first kappa shape index (κ1) is 8.71. The summed E-state index contributed by atoms with van der Waals surface area (Å²) < 4.78 is 1.01. The molecule has 0 radical (unpaired) electrons. The predicted molar refractivity (Wildman–Crippen MR) is 48.2 cm³/mol. The lowest BCUT2D eigenvalue weighted by Gasteiger charge is -2.06. The van der Waals surface area contributed by atoms with Crippen LogP contribution in [0.5, 0.6) is 0 Å². The summed E-state index contributed by atoms with van der Waals surface area (Å²) in [4.78, 5) is 0. The molecule has 1 rings (SSSR count). The van der Waals surface area contributed by atoms with Gasteiger partial charge in [0.15, 0.2) is 0 Å². The van der Waals surface area contributed by atoms with Crippen LogP contribution in [0.2, 0.25) is 0 Å². The van der Waals surface area contributed by atoms with Gasteiger partial charge in [0, 0.05) is 11.0 Å². The number of hydrogen-bond acceptors (Lipinski definition) is 2. The van der Waals surface area contributed by atoms with E-state index in [-0.39, 0.29) is 6.54 Å². The van der Waals surface area contributed by atoms with E-state index in [1.54, 1.807) is 0 Å². The van der Waals surface area contributed by atoms with Gasteiger partial charge in [0.2, 0.25) is 0 Å². The van der Waals surface area contributed by atoms with E-state index in [0.29, 0.717) is 0 Å². The third-order valence-corrected chi connectivity index (χ3v) is 2.01. The number of halogens is 1. The SMILES string of the molecule is NC[C@H](O)c1ccc(Br)cc1. The second-order valence-electron chi connectivity index (χ2n) is 2.30. The van der Waals surface area contributed by atoms with Crippen molar-refractivity contribution in [3.63, 3.8) is 0 Å². The molecule has 1 atom stereocenters. The molecule has 11 heavy (non-hydrogen) atoms. The molecule has 0 bridgehead atoms. The molecule has 0 aliphatic carbocycles. The van der Waals surface area contributed by atoms with Crippen molar-refractivity contribution in [2.45, 2.75) is 6.10 Å². The highest BCUT2D eigenvalue weighted by Gasteiger charge is 2.02. The van der Waals surface area contributed by atoms with E-state index in [2.05, 4.69) is 15.9 Å². The number of nitrogens with two attached hydrogens (primary N) is 1. The van der Waals surface area contributed by atoms with Gasteiger partial charge in [0.05, 0.1) is 6.10 Å². The van der Waals surface area contributed by atoms with Crippen molar-refractivity contribution in [3.8, 4) is 0 Å². The normalized spacial score (nSPS) is 13.0. The molecular formula is C8H10BrNO. The molecule has 0 amide bonds. The fraction of sp³-hybridized carbons (Fsp3) is 0.250. The van der Waals surface area contributed by atoms with Gasteiger partial charge in [-0.2, -0.15) is 0 Å². The molecule has 0 spiro atoms. The average molecular weight is 216 g/mol. The molecule has 0 unspecified atom stereocenters. The van der Waals surface area contributed by atoms with Crippen LogP contribution in [-0.2, 0) is 0 Å². The zero-order valence-corrected chi connectivity index (χ0v) is 7.58. The van der Waals surface area contributed by atoms with E-state index in [1.807, 2.05) is 24.3 Å². The Morgan fingerprint density at radius 2 is 1.91 bits per heavy atom. The van der Waals surface area contributed by atoms with E-state index in [0.717, 1.165) is 10.0 Å². The van der Waals surface area contributed by atoms with Gasteiger partial charge in [-0.05, 0) is 17.7 Å². The summed E-state index contributed by atoms with van der Waals surface area (Å²) in [6.07, 6.45) is -0.539. The van der Waals surface area contributed by atoms with Gasteiger partial charge in [-0.25, -0.2) is 0 Å². The topological polar surface area (TPSA) is 46.2 Å². The van der Waals surface area contributed by atoms with Crippen molar-refractivity contribution in [2.75, 3.05) is 6.54 Å². The first-order valence-electron chi connectivity index (χ1n) is 3.37.